The lowest BCUT2D eigenvalue weighted by molar-refractivity contribution is 0.475. The van der Waals surface area contributed by atoms with Gasteiger partial charge in [-0.2, -0.15) is 15.0 Å². The third-order valence-electron chi connectivity index (χ3n) is 6.34. The SMILES string of the molecule is Oc1ccc(CCNc2nc(NC3CCCC3)nc(N3CCN(c4ncccn4)CC3)n2)cc1. The number of nitrogens with zero attached hydrogens (tertiary/aromatic N) is 7. The Bertz CT molecular complexity index is 1050. The maximum absolute atomic E-state index is 9.48. The van der Waals surface area contributed by atoms with E-state index in [1.54, 1.807) is 24.5 Å². The molecule has 34 heavy (non-hydrogen) atoms. The topological polar surface area (TPSA) is 115 Å². The predicted octanol–water partition coefficient (Wildman–Crippen LogP) is 2.70. The number of benzene rings is 1. The quantitative estimate of drug-likeness (QED) is 0.462. The van der Waals surface area contributed by atoms with Crippen LogP contribution in [0.3, 0.4) is 0 Å². The van der Waals surface area contributed by atoms with Crippen LogP contribution in [-0.4, -0.2) is 68.8 Å². The van der Waals surface area contributed by atoms with E-state index in [0.29, 0.717) is 30.4 Å². The summed E-state index contributed by atoms with van der Waals surface area (Å²) in [5.41, 5.74) is 1.14. The van der Waals surface area contributed by atoms with Gasteiger partial charge in [0, 0.05) is 51.2 Å². The highest BCUT2D eigenvalue weighted by atomic mass is 16.3. The summed E-state index contributed by atoms with van der Waals surface area (Å²) in [6.45, 7) is 3.89. The van der Waals surface area contributed by atoms with Crippen molar-refractivity contribution in [1.82, 2.24) is 24.9 Å². The van der Waals surface area contributed by atoms with Gasteiger partial charge in [0.25, 0.3) is 0 Å². The Morgan fingerprint density at radius 2 is 1.47 bits per heavy atom. The monoisotopic (exact) mass is 461 g/mol. The van der Waals surface area contributed by atoms with Crippen molar-refractivity contribution in [2.75, 3.05) is 53.2 Å². The van der Waals surface area contributed by atoms with Crippen molar-refractivity contribution in [3.63, 3.8) is 0 Å². The Labute approximate surface area is 199 Å². The van der Waals surface area contributed by atoms with Gasteiger partial charge in [-0.3, -0.25) is 0 Å². The van der Waals surface area contributed by atoms with Gasteiger partial charge in [-0.1, -0.05) is 25.0 Å². The fourth-order valence-electron chi connectivity index (χ4n) is 4.44. The summed E-state index contributed by atoms with van der Waals surface area (Å²) in [6.07, 6.45) is 9.16. The molecular weight excluding hydrogens is 430 g/mol. The first-order valence-corrected chi connectivity index (χ1v) is 12.0. The second kappa shape index (κ2) is 10.5. The molecule has 2 aromatic heterocycles. The van der Waals surface area contributed by atoms with E-state index in [1.807, 2.05) is 18.2 Å². The van der Waals surface area contributed by atoms with Gasteiger partial charge >= 0.3 is 0 Å². The van der Waals surface area contributed by atoms with E-state index in [2.05, 4.69) is 35.4 Å². The predicted molar refractivity (Wildman–Crippen MR) is 132 cm³/mol. The summed E-state index contributed by atoms with van der Waals surface area (Å²) >= 11 is 0. The summed E-state index contributed by atoms with van der Waals surface area (Å²) < 4.78 is 0. The van der Waals surface area contributed by atoms with Crippen molar-refractivity contribution in [3.05, 3.63) is 48.3 Å². The normalized spacial score (nSPS) is 16.6. The fraction of sp³-hybridized carbons (Fsp3) is 0.458. The standard InChI is InChI=1S/C24H31N9O/c34-20-8-6-18(7-9-20)10-13-25-21-29-22(28-19-4-1-2-5-19)31-24(30-21)33-16-14-32(15-17-33)23-26-11-3-12-27-23/h3,6-9,11-12,19,34H,1-2,4-5,10,13-17H2,(H2,25,28,29,30,31). The minimum Gasteiger partial charge on any atom is -0.508 e. The zero-order valence-corrected chi connectivity index (χ0v) is 19.3. The molecule has 1 saturated carbocycles. The van der Waals surface area contributed by atoms with Crippen LogP contribution < -0.4 is 20.4 Å². The molecule has 0 unspecified atom stereocenters. The first kappa shape index (κ1) is 22.1. The molecule has 0 amide bonds. The summed E-state index contributed by atoms with van der Waals surface area (Å²) in [5.74, 6) is 2.95. The molecule has 2 fully saturated rings. The lowest BCUT2D eigenvalue weighted by Gasteiger charge is -2.34. The van der Waals surface area contributed by atoms with Crippen LogP contribution in [0.25, 0.3) is 0 Å². The van der Waals surface area contributed by atoms with Gasteiger partial charge in [0.2, 0.25) is 23.8 Å². The molecule has 3 heterocycles. The van der Waals surface area contributed by atoms with Gasteiger partial charge in [0.05, 0.1) is 0 Å². The minimum atomic E-state index is 0.278. The van der Waals surface area contributed by atoms with Crippen molar-refractivity contribution in [2.45, 2.75) is 38.1 Å². The Morgan fingerprint density at radius 3 is 2.18 bits per heavy atom. The van der Waals surface area contributed by atoms with Crippen LogP contribution in [0, 0.1) is 0 Å². The van der Waals surface area contributed by atoms with Gasteiger partial charge in [-0.15, -0.1) is 0 Å². The zero-order valence-electron chi connectivity index (χ0n) is 19.3. The molecule has 178 valence electrons. The number of piperazine rings is 1. The Kier molecular flexibility index (Phi) is 6.83. The van der Waals surface area contributed by atoms with Gasteiger partial charge in [0.15, 0.2) is 0 Å². The van der Waals surface area contributed by atoms with Crippen molar-refractivity contribution < 1.29 is 5.11 Å². The molecule has 5 rings (SSSR count). The Balaban J connectivity index is 1.26. The number of hydrogen-bond acceptors (Lipinski definition) is 10. The average molecular weight is 462 g/mol. The van der Waals surface area contributed by atoms with Crippen molar-refractivity contribution in [2.24, 2.45) is 0 Å². The van der Waals surface area contributed by atoms with E-state index in [9.17, 15) is 5.11 Å². The second-order valence-corrected chi connectivity index (χ2v) is 8.77. The lowest BCUT2D eigenvalue weighted by atomic mass is 10.1. The summed E-state index contributed by atoms with van der Waals surface area (Å²) in [7, 11) is 0. The number of phenols is 1. The molecule has 1 aromatic carbocycles. The molecule has 0 bridgehead atoms. The van der Waals surface area contributed by atoms with Gasteiger partial charge in [0.1, 0.15) is 5.75 Å². The summed E-state index contributed by atoms with van der Waals surface area (Å²) in [4.78, 5) is 27.3. The Morgan fingerprint density at radius 1 is 0.824 bits per heavy atom. The lowest BCUT2D eigenvalue weighted by Crippen LogP contribution is -2.47. The third-order valence-corrected chi connectivity index (χ3v) is 6.34. The van der Waals surface area contributed by atoms with Gasteiger partial charge in [-0.05, 0) is 43.0 Å². The van der Waals surface area contributed by atoms with E-state index in [4.69, 9.17) is 9.97 Å². The average Bonchev–Trinajstić information content (AvgIpc) is 3.39. The van der Waals surface area contributed by atoms with Crippen molar-refractivity contribution >= 4 is 23.8 Å². The first-order chi connectivity index (χ1) is 16.7. The molecule has 0 radical (unpaired) electrons. The van der Waals surface area contributed by atoms with Crippen LogP contribution in [0.2, 0.25) is 0 Å². The highest BCUT2D eigenvalue weighted by molar-refractivity contribution is 5.46. The van der Waals surface area contributed by atoms with E-state index in [1.165, 1.54) is 12.8 Å². The van der Waals surface area contributed by atoms with Crippen LogP contribution in [0.5, 0.6) is 5.75 Å². The number of phenolic OH excluding ortho intramolecular Hbond substituents is 1. The van der Waals surface area contributed by atoms with Crippen LogP contribution in [0.1, 0.15) is 31.2 Å². The van der Waals surface area contributed by atoms with Gasteiger partial charge in [-0.25, -0.2) is 9.97 Å². The molecule has 1 aliphatic heterocycles. The van der Waals surface area contributed by atoms with Crippen molar-refractivity contribution in [3.8, 4) is 5.75 Å². The molecule has 1 saturated heterocycles. The molecule has 2 aliphatic rings. The zero-order chi connectivity index (χ0) is 23.2. The highest BCUT2D eigenvalue weighted by Gasteiger charge is 2.23. The summed E-state index contributed by atoms with van der Waals surface area (Å²) in [5, 5.41) is 16.4. The highest BCUT2D eigenvalue weighted by Crippen LogP contribution is 2.23. The van der Waals surface area contributed by atoms with E-state index in [-0.39, 0.29) is 5.75 Å². The molecule has 3 N–H and O–H groups in total. The van der Waals surface area contributed by atoms with E-state index < -0.39 is 0 Å². The van der Waals surface area contributed by atoms with E-state index >= 15 is 0 Å². The van der Waals surface area contributed by atoms with E-state index in [0.717, 1.165) is 57.0 Å². The molecule has 0 spiro atoms. The Hall–Kier alpha value is -3.69. The molecule has 10 nitrogen and oxygen atoms in total. The largest absolute Gasteiger partial charge is 0.508 e. The number of aromatic nitrogens is 5. The number of hydrogen-bond donors (Lipinski definition) is 3. The molecular formula is C24H31N9O. The van der Waals surface area contributed by atoms with Crippen LogP contribution in [0.4, 0.5) is 23.8 Å². The number of aromatic hydroxyl groups is 1. The third kappa shape index (κ3) is 5.62. The number of rotatable bonds is 8. The molecule has 3 aromatic rings. The molecule has 0 atom stereocenters. The first-order valence-electron chi connectivity index (χ1n) is 12.0. The smallest absolute Gasteiger partial charge is 0.232 e. The van der Waals surface area contributed by atoms with Crippen LogP contribution >= 0.6 is 0 Å². The maximum Gasteiger partial charge on any atom is 0.232 e. The molecule has 1 aliphatic carbocycles. The fourth-order valence-corrected chi connectivity index (χ4v) is 4.44. The second-order valence-electron chi connectivity index (χ2n) is 8.77. The van der Waals surface area contributed by atoms with Crippen LogP contribution in [-0.2, 0) is 6.42 Å². The van der Waals surface area contributed by atoms with Crippen LogP contribution in [0.15, 0.2) is 42.7 Å². The van der Waals surface area contributed by atoms with Gasteiger partial charge < -0.3 is 25.5 Å². The summed E-state index contributed by atoms with van der Waals surface area (Å²) in [6, 6.07) is 9.53. The maximum atomic E-state index is 9.48. The number of nitrogens with one attached hydrogen (secondary N) is 2. The number of anilines is 4. The molecule has 10 heteroatoms. The minimum absolute atomic E-state index is 0.278. The van der Waals surface area contributed by atoms with Crippen molar-refractivity contribution in [1.29, 1.82) is 0 Å².